The predicted molar refractivity (Wildman–Crippen MR) is 95.5 cm³/mol. The van der Waals surface area contributed by atoms with Gasteiger partial charge in [0.15, 0.2) is 5.96 Å². The molecule has 120 valence electrons. The molecule has 21 heavy (non-hydrogen) atoms. The highest BCUT2D eigenvalue weighted by Crippen LogP contribution is 2.11. The molecular formula is C15H25FIN3O. The van der Waals surface area contributed by atoms with Gasteiger partial charge in [0.05, 0.1) is 13.2 Å². The summed E-state index contributed by atoms with van der Waals surface area (Å²) >= 11 is 0. The third-order valence-electron chi connectivity index (χ3n) is 2.87. The van der Waals surface area contributed by atoms with Crippen LogP contribution >= 0.6 is 24.0 Å². The highest BCUT2D eigenvalue weighted by atomic mass is 127. The number of benzene rings is 1. The van der Waals surface area contributed by atoms with Crippen molar-refractivity contribution in [2.45, 2.75) is 39.8 Å². The van der Waals surface area contributed by atoms with Crippen LogP contribution in [0.5, 0.6) is 0 Å². The largest absolute Gasteiger partial charge is 0.392 e. The second-order valence-corrected chi connectivity index (χ2v) is 4.56. The molecule has 0 radical (unpaired) electrons. The summed E-state index contributed by atoms with van der Waals surface area (Å²) in [5, 5.41) is 15.5. The van der Waals surface area contributed by atoms with Crippen LogP contribution in [0.1, 0.15) is 37.8 Å². The maximum atomic E-state index is 13.3. The fraction of sp³-hybridized carbons (Fsp3) is 0.533. The lowest BCUT2D eigenvalue weighted by atomic mass is 10.1. The zero-order chi connectivity index (χ0) is 14.8. The van der Waals surface area contributed by atoms with Crippen molar-refractivity contribution in [2.75, 3.05) is 13.1 Å². The van der Waals surface area contributed by atoms with E-state index in [1.807, 2.05) is 6.92 Å². The van der Waals surface area contributed by atoms with Crippen LogP contribution in [0.15, 0.2) is 23.2 Å². The molecule has 0 unspecified atom stereocenters. The number of halogens is 2. The van der Waals surface area contributed by atoms with Gasteiger partial charge in [-0.1, -0.05) is 19.4 Å². The van der Waals surface area contributed by atoms with Crippen molar-refractivity contribution < 1.29 is 9.50 Å². The van der Waals surface area contributed by atoms with Gasteiger partial charge in [-0.2, -0.15) is 0 Å². The molecular weight excluding hydrogens is 384 g/mol. The molecule has 1 rings (SSSR count). The number of hydrogen-bond donors (Lipinski definition) is 3. The Morgan fingerprint density at radius 2 is 2.05 bits per heavy atom. The van der Waals surface area contributed by atoms with Gasteiger partial charge in [-0.25, -0.2) is 9.38 Å². The minimum Gasteiger partial charge on any atom is -0.392 e. The molecule has 6 heteroatoms. The highest BCUT2D eigenvalue weighted by molar-refractivity contribution is 14.0. The number of aliphatic hydroxyl groups excluding tert-OH is 1. The van der Waals surface area contributed by atoms with Gasteiger partial charge >= 0.3 is 0 Å². The van der Waals surface area contributed by atoms with E-state index in [9.17, 15) is 4.39 Å². The zero-order valence-electron chi connectivity index (χ0n) is 12.7. The lowest BCUT2D eigenvalue weighted by molar-refractivity contribution is 0.275. The Morgan fingerprint density at radius 1 is 1.29 bits per heavy atom. The van der Waals surface area contributed by atoms with Crippen LogP contribution in [0.4, 0.5) is 4.39 Å². The topological polar surface area (TPSA) is 56.7 Å². The van der Waals surface area contributed by atoms with E-state index in [2.05, 4.69) is 22.5 Å². The Bertz CT molecular complexity index is 441. The Morgan fingerprint density at radius 3 is 2.67 bits per heavy atom. The first-order chi connectivity index (χ1) is 9.71. The Kier molecular flexibility index (Phi) is 11.2. The van der Waals surface area contributed by atoms with Crippen LogP contribution < -0.4 is 10.6 Å². The molecule has 4 nitrogen and oxygen atoms in total. The molecule has 3 N–H and O–H groups in total. The van der Waals surface area contributed by atoms with Crippen molar-refractivity contribution >= 4 is 29.9 Å². The van der Waals surface area contributed by atoms with Crippen molar-refractivity contribution in [1.29, 1.82) is 0 Å². The van der Waals surface area contributed by atoms with Crippen molar-refractivity contribution in [1.82, 2.24) is 10.6 Å². The quantitative estimate of drug-likeness (QED) is 0.281. The maximum Gasteiger partial charge on any atom is 0.191 e. The molecule has 0 bridgehead atoms. The monoisotopic (exact) mass is 409 g/mol. The molecule has 0 aliphatic carbocycles. The van der Waals surface area contributed by atoms with E-state index in [-0.39, 0.29) is 36.4 Å². The van der Waals surface area contributed by atoms with E-state index in [1.54, 1.807) is 12.1 Å². The number of nitrogens with zero attached hydrogens (tertiary/aromatic N) is 1. The fourth-order valence-corrected chi connectivity index (χ4v) is 1.74. The molecule has 0 aliphatic rings. The third kappa shape index (κ3) is 7.61. The fourth-order valence-electron chi connectivity index (χ4n) is 1.74. The van der Waals surface area contributed by atoms with Gasteiger partial charge in [0.25, 0.3) is 0 Å². The van der Waals surface area contributed by atoms with E-state index in [4.69, 9.17) is 5.11 Å². The standard InChI is InChI=1S/C15H24FN3O.HI/c1-3-5-8-18-15(17-4-2)19-10-12-6-7-14(16)13(9-12)11-20;/h6-7,9,20H,3-5,8,10-11H2,1-2H3,(H2,17,18,19);1H. The first-order valence-corrected chi connectivity index (χ1v) is 7.11. The smallest absolute Gasteiger partial charge is 0.191 e. The van der Waals surface area contributed by atoms with Crippen LogP contribution in [0.3, 0.4) is 0 Å². The summed E-state index contributed by atoms with van der Waals surface area (Å²) in [6.07, 6.45) is 2.22. The second-order valence-electron chi connectivity index (χ2n) is 4.56. The van der Waals surface area contributed by atoms with Gasteiger partial charge in [0, 0.05) is 18.7 Å². The second kappa shape index (κ2) is 11.7. The van der Waals surface area contributed by atoms with Crippen LogP contribution in [-0.4, -0.2) is 24.2 Å². The summed E-state index contributed by atoms with van der Waals surface area (Å²) in [7, 11) is 0. The molecule has 0 spiro atoms. The van der Waals surface area contributed by atoms with E-state index in [1.165, 1.54) is 6.07 Å². The lowest BCUT2D eigenvalue weighted by Crippen LogP contribution is -2.37. The van der Waals surface area contributed by atoms with E-state index < -0.39 is 0 Å². The van der Waals surface area contributed by atoms with E-state index in [0.29, 0.717) is 12.1 Å². The summed E-state index contributed by atoms with van der Waals surface area (Å²) in [4.78, 5) is 4.45. The summed E-state index contributed by atoms with van der Waals surface area (Å²) in [5.41, 5.74) is 1.18. The van der Waals surface area contributed by atoms with E-state index >= 15 is 0 Å². The van der Waals surface area contributed by atoms with Gasteiger partial charge in [0.2, 0.25) is 0 Å². The number of aliphatic hydroxyl groups is 1. The molecule has 0 aliphatic heterocycles. The number of hydrogen-bond acceptors (Lipinski definition) is 2. The summed E-state index contributed by atoms with van der Waals surface area (Å²) in [6.45, 7) is 5.99. The van der Waals surface area contributed by atoms with Crippen molar-refractivity contribution in [3.63, 3.8) is 0 Å². The van der Waals surface area contributed by atoms with Gasteiger partial charge in [-0.05, 0) is 31.0 Å². The lowest BCUT2D eigenvalue weighted by Gasteiger charge is -2.11. The number of guanidine groups is 1. The van der Waals surface area contributed by atoms with E-state index in [0.717, 1.165) is 37.5 Å². The van der Waals surface area contributed by atoms with Gasteiger partial charge in [-0.15, -0.1) is 24.0 Å². The van der Waals surface area contributed by atoms with Crippen LogP contribution in [0, 0.1) is 5.82 Å². The maximum absolute atomic E-state index is 13.3. The first-order valence-electron chi connectivity index (χ1n) is 7.11. The predicted octanol–water partition coefficient (Wildman–Crippen LogP) is 2.79. The first kappa shape index (κ1) is 20.1. The third-order valence-corrected chi connectivity index (χ3v) is 2.87. The Labute approximate surface area is 143 Å². The summed E-state index contributed by atoms with van der Waals surface area (Å²) < 4.78 is 13.3. The number of rotatable bonds is 7. The van der Waals surface area contributed by atoms with Crippen molar-refractivity contribution in [3.05, 3.63) is 35.1 Å². The van der Waals surface area contributed by atoms with Crippen LogP contribution in [0.2, 0.25) is 0 Å². The molecule has 0 saturated heterocycles. The van der Waals surface area contributed by atoms with Crippen molar-refractivity contribution in [3.8, 4) is 0 Å². The van der Waals surface area contributed by atoms with Gasteiger partial charge < -0.3 is 15.7 Å². The molecule has 0 heterocycles. The van der Waals surface area contributed by atoms with Gasteiger partial charge in [-0.3, -0.25) is 0 Å². The number of nitrogens with one attached hydrogen (secondary N) is 2. The molecule has 1 aromatic carbocycles. The number of unbranched alkanes of at least 4 members (excludes halogenated alkanes) is 1. The molecule has 0 atom stereocenters. The summed E-state index contributed by atoms with van der Waals surface area (Å²) in [6, 6.07) is 4.70. The highest BCUT2D eigenvalue weighted by Gasteiger charge is 2.03. The molecule has 0 saturated carbocycles. The van der Waals surface area contributed by atoms with Crippen LogP contribution in [-0.2, 0) is 13.2 Å². The summed E-state index contributed by atoms with van der Waals surface area (Å²) in [5.74, 6) is 0.379. The minimum atomic E-state index is -0.381. The Balaban J connectivity index is 0.00000400. The normalized spacial score (nSPS) is 11.0. The SMILES string of the molecule is CCCCNC(=NCc1ccc(F)c(CO)c1)NCC.I. The minimum absolute atomic E-state index is 0. The Hall–Kier alpha value is -0.890. The average Bonchev–Trinajstić information content (AvgIpc) is 2.46. The number of aliphatic imine (C=N–C) groups is 1. The molecule has 1 aromatic rings. The zero-order valence-corrected chi connectivity index (χ0v) is 15.0. The average molecular weight is 409 g/mol. The van der Waals surface area contributed by atoms with Gasteiger partial charge in [0.1, 0.15) is 5.82 Å². The molecule has 0 aromatic heterocycles. The van der Waals surface area contributed by atoms with Crippen LogP contribution in [0.25, 0.3) is 0 Å². The molecule has 0 amide bonds. The molecule has 0 fully saturated rings. The van der Waals surface area contributed by atoms with Crippen molar-refractivity contribution in [2.24, 2.45) is 4.99 Å².